The van der Waals surface area contributed by atoms with E-state index in [-0.39, 0.29) is 0 Å². The summed E-state index contributed by atoms with van der Waals surface area (Å²) in [4.78, 5) is 9.60. The van der Waals surface area contributed by atoms with Gasteiger partial charge in [-0.2, -0.15) is 0 Å². The molecular weight excluding hydrogens is 412 g/mol. The van der Waals surface area contributed by atoms with E-state index in [9.17, 15) is 4.55 Å². The van der Waals surface area contributed by atoms with Crippen molar-refractivity contribution in [3.05, 3.63) is 66.5 Å². The molecule has 0 bridgehead atoms. The maximum atomic E-state index is 12.2. The number of nitrogens with zero attached hydrogens (tertiary/aromatic N) is 5. The summed E-state index contributed by atoms with van der Waals surface area (Å²) in [7, 11) is 3.54. The summed E-state index contributed by atoms with van der Waals surface area (Å²) in [5.74, 6) is 0.706. The summed E-state index contributed by atoms with van der Waals surface area (Å²) in [6, 6.07) is 15.2. The molecule has 9 heteroatoms. The monoisotopic (exact) mass is 434 g/mol. The molecule has 0 aliphatic heterocycles. The van der Waals surface area contributed by atoms with Gasteiger partial charge in [-0.3, -0.25) is 4.98 Å². The summed E-state index contributed by atoms with van der Waals surface area (Å²) < 4.78 is 19.7. The third-order valence-corrected chi connectivity index (χ3v) is 5.93. The zero-order valence-electron chi connectivity index (χ0n) is 17.2. The molecule has 0 fully saturated rings. The van der Waals surface area contributed by atoms with E-state index in [1.54, 1.807) is 30.8 Å². The number of nitrogens with two attached hydrogens (primary N) is 1. The molecule has 0 aliphatic carbocycles. The first-order valence-corrected chi connectivity index (χ1v) is 10.8. The van der Waals surface area contributed by atoms with Crippen molar-refractivity contribution in [2.45, 2.75) is 11.3 Å². The zero-order valence-corrected chi connectivity index (χ0v) is 18.0. The molecule has 1 atom stereocenters. The molecule has 2 N–H and O–H groups in total. The molecular formula is C22H22N6O2S. The largest absolute Gasteiger partial charge is 0.593 e. The van der Waals surface area contributed by atoms with E-state index >= 15 is 0 Å². The van der Waals surface area contributed by atoms with E-state index in [4.69, 9.17) is 10.2 Å². The molecule has 2 heterocycles. The second kappa shape index (κ2) is 9.36. The molecule has 2 aromatic heterocycles. The van der Waals surface area contributed by atoms with Gasteiger partial charge in [0.2, 0.25) is 5.89 Å². The highest BCUT2D eigenvalue weighted by Gasteiger charge is 2.16. The van der Waals surface area contributed by atoms with E-state index in [2.05, 4.69) is 20.2 Å². The van der Waals surface area contributed by atoms with Crippen molar-refractivity contribution in [3.8, 4) is 34.3 Å². The Morgan fingerprint density at radius 2 is 1.55 bits per heavy atom. The van der Waals surface area contributed by atoms with Crippen LogP contribution in [-0.2, 0) is 17.8 Å². The molecule has 0 spiro atoms. The SMILES string of the molecule is CN(C)[S+]([O-])c1ccc(-c2cncc(-c3nnc(-c4ccc(CCN)cc4)o3)n2)cc1. The van der Waals surface area contributed by atoms with Gasteiger partial charge in [0.25, 0.3) is 5.89 Å². The Bertz CT molecular complexity index is 1150. The highest BCUT2D eigenvalue weighted by molar-refractivity contribution is 7.89. The Hall–Kier alpha value is -3.11. The van der Waals surface area contributed by atoms with Gasteiger partial charge in [-0.05, 0) is 54.9 Å². The van der Waals surface area contributed by atoms with Crippen molar-refractivity contribution < 1.29 is 8.97 Å². The number of aromatic nitrogens is 4. The van der Waals surface area contributed by atoms with Crippen LogP contribution in [0.1, 0.15) is 5.56 Å². The van der Waals surface area contributed by atoms with Crippen LogP contribution in [0.3, 0.4) is 0 Å². The van der Waals surface area contributed by atoms with Gasteiger partial charge in [0.1, 0.15) is 5.69 Å². The molecule has 158 valence electrons. The quantitative estimate of drug-likeness (QED) is 0.441. The summed E-state index contributed by atoms with van der Waals surface area (Å²) in [6.45, 7) is 0.606. The van der Waals surface area contributed by atoms with Crippen LogP contribution in [0.15, 0.2) is 70.2 Å². The minimum absolute atomic E-state index is 0.292. The highest BCUT2D eigenvalue weighted by atomic mass is 32.2. The van der Waals surface area contributed by atoms with Gasteiger partial charge in [0.05, 0.1) is 29.4 Å². The van der Waals surface area contributed by atoms with Crippen molar-refractivity contribution in [2.24, 2.45) is 5.73 Å². The lowest BCUT2D eigenvalue weighted by molar-refractivity contribution is 0.520. The molecule has 1 unspecified atom stereocenters. The van der Waals surface area contributed by atoms with E-state index in [0.29, 0.717) is 29.7 Å². The lowest BCUT2D eigenvalue weighted by Crippen LogP contribution is -2.22. The number of rotatable bonds is 7. The first-order valence-electron chi connectivity index (χ1n) is 9.70. The van der Waals surface area contributed by atoms with E-state index < -0.39 is 11.4 Å². The molecule has 4 rings (SSSR count). The second-order valence-electron chi connectivity index (χ2n) is 7.02. The maximum absolute atomic E-state index is 12.2. The van der Waals surface area contributed by atoms with Crippen molar-refractivity contribution in [1.29, 1.82) is 0 Å². The smallest absolute Gasteiger partial charge is 0.268 e. The summed E-state index contributed by atoms with van der Waals surface area (Å²) in [5, 5.41) is 8.27. The maximum Gasteiger partial charge on any atom is 0.268 e. The number of benzene rings is 2. The molecule has 4 aromatic rings. The third-order valence-electron chi connectivity index (χ3n) is 4.60. The molecule has 2 aromatic carbocycles. The first kappa shape index (κ1) is 21.1. The van der Waals surface area contributed by atoms with Crippen molar-refractivity contribution in [2.75, 3.05) is 20.6 Å². The van der Waals surface area contributed by atoms with Crippen LogP contribution in [-0.4, -0.2) is 49.7 Å². The molecule has 0 amide bonds. The van der Waals surface area contributed by atoms with Crippen LogP contribution < -0.4 is 5.73 Å². The first-order chi connectivity index (χ1) is 15.0. The van der Waals surface area contributed by atoms with E-state index in [1.807, 2.05) is 48.5 Å². The predicted molar refractivity (Wildman–Crippen MR) is 119 cm³/mol. The van der Waals surface area contributed by atoms with Gasteiger partial charge in [0, 0.05) is 25.2 Å². The number of hydrogen-bond donors (Lipinski definition) is 1. The minimum Gasteiger partial charge on any atom is -0.593 e. The fraction of sp³-hybridized carbons (Fsp3) is 0.182. The fourth-order valence-corrected chi connectivity index (χ4v) is 3.78. The van der Waals surface area contributed by atoms with Crippen LogP contribution in [0.5, 0.6) is 0 Å². The van der Waals surface area contributed by atoms with Crippen LogP contribution in [0.25, 0.3) is 34.3 Å². The van der Waals surface area contributed by atoms with Crippen molar-refractivity contribution in [3.63, 3.8) is 0 Å². The van der Waals surface area contributed by atoms with E-state index in [1.165, 1.54) is 0 Å². The lowest BCUT2D eigenvalue weighted by Gasteiger charge is -2.15. The minimum atomic E-state index is -1.19. The van der Waals surface area contributed by atoms with Gasteiger partial charge in [-0.15, -0.1) is 14.5 Å². The molecule has 0 aliphatic rings. The summed E-state index contributed by atoms with van der Waals surface area (Å²) in [6.07, 6.45) is 4.07. The average molecular weight is 435 g/mol. The normalized spacial score (nSPS) is 12.3. The summed E-state index contributed by atoms with van der Waals surface area (Å²) in [5.41, 5.74) is 9.57. The third kappa shape index (κ3) is 4.80. The van der Waals surface area contributed by atoms with Crippen LogP contribution in [0.4, 0.5) is 0 Å². The standard InChI is InChI=1S/C22H22N6O2S/c1-28(2)31(29)18-9-7-16(8-10-18)19-13-24-14-20(25-19)22-27-26-21(30-22)17-5-3-15(4-6-17)11-12-23/h3-10,13-14H,11-12,23H2,1-2H3. The predicted octanol–water partition coefficient (Wildman–Crippen LogP) is 2.95. The van der Waals surface area contributed by atoms with Gasteiger partial charge in [-0.25, -0.2) is 4.98 Å². The Morgan fingerprint density at radius 1 is 0.903 bits per heavy atom. The summed E-state index contributed by atoms with van der Waals surface area (Å²) >= 11 is -1.19. The molecule has 0 saturated heterocycles. The second-order valence-corrected chi connectivity index (χ2v) is 8.72. The van der Waals surface area contributed by atoms with Gasteiger partial charge in [-0.1, -0.05) is 12.1 Å². The molecule has 0 saturated carbocycles. The van der Waals surface area contributed by atoms with Crippen LogP contribution in [0.2, 0.25) is 0 Å². The number of hydrogen-bond acceptors (Lipinski definition) is 8. The molecule has 31 heavy (non-hydrogen) atoms. The fourth-order valence-electron chi connectivity index (χ4n) is 2.99. The van der Waals surface area contributed by atoms with Crippen molar-refractivity contribution in [1.82, 2.24) is 24.5 Å². The Morgan fingerprint density at radius 3 is 2.23 bits per heavy atom. The van der Waals surface area contributed by atoms with Crippen molar-refractivity contribution >= 4 is 11.4 Å². The lowest BCUT2D eigenvalue weighted by atomic mass is 10.1. The topological polar surface area (TPSA) is 117 Å². The van der Waals surface area contributed by atoms with Gasteiger partial charge >= 0.3 is 0 Å². The van der Waals surface area contributed by atoms with E-state index in [0.717, 1.165) is 28.0 Å². The Kier molecular flexibility index (Phi) is 6.38. The zero-order chi connectivity index (χ0) is 21.8. The molecule has 0 radical (unpaired) electrons. The Balaban J connectivity index is 1.56. The molecule has 8 nitrogen and oxygen atoms in total. The highest BCUT2D eigenvalue weighted by Crippen LogP contribution is 2.25. The Labute approximate surface area is 183 Å². The average Bonchev–Trinajstić information content (AvgIpc) is 3.30. The van der Waals surface area contributed by atoms with Crippen LogP contribution >= 0.6 is 0 Å². The van der Waals surface area contributed by atoms with Gasteiger partial charge < -0.3 is 14.7 Å². The van der Waals surface area contributed by atoms with Gasteiger partial charge in [0.15, 0.2) is 4.90 Å². The van der Waals surface area contributed by atoms with Crippen LogP contribution in [0, 0.1) is 0 Å².